The van der Waals surface area contributed by atoms with E-state index in [1.165, 1.54) is 0 Å². The summed E-state index contributed by atoms with van der Waals surface area (Å²) in [7, 11) is 0. The third kappa shape index (κ3) is 4.49. The highest BCUT2D eigenvalue weighted by Gasteiger charge is 2.23. The van der Waals surface area contributed by atoms with Gasteiger partial charge >= 0.3 is 0 Å². The summed E-state index contributed by atoms with van der Waals surface area (Å²) in [6.45, 7) is 7.31. The smallest absolute Gasteiger partial charge is 0.0790 e. The van der Waals surface area contributed by atoms with E-state index in [9.17, 15) is 0 Å². The Balaban J connectivity index is 2.63. The van der Waals surface area contributed by atoms with Crippen LogP contribution in [0.4, 0.5) is 0 Å². The zero-order valence-corrected chi connectivity index (χ0v) is 11.2. The molecular formula is C15H25NO. The highest BCUT2D eigenvalue weighted by atomic mass is 16.5. The van der Waals surface area contributed by atoms with Gasteiger partial charge in [0.05, 0.1) is 12.1 Å². The van der Waals surface area contributed by atoms with Crippen LogP contribution in [0.15, 0.2) is 30.3 Å². The van der Waals surface area contributed by atoms with E-state index in [1.807, 2.05) is 18.2 Å². The predicted molar refractivity (Wildman–Crippen MR) is 72.9 cm³/mol. The van der Waals surface area contributed by atoms with Gasteiger partial charge in [-0.2, -0.15) is 0 Å². The van der Waals surface area contributed by atoms with E-state index in [0.29, 0.717) is 5.92 Å². The van der Waals surface area contributed by atoms with Crippen LogP contribution in [0, 0.1) is 5.92 Å². The zero-order valence-electron chi connectivity index (χ0n) is 11.2. The molecule has 0 spiro atoms. The van der Waals surface area contributed by atoms with Crippen LogP contribution in [-0.4, -0.2) is 12.7 Å². The molecule has 0 amide bonds. The SMILES string of the molecule is CCCCOC(C(C)C)C(N)c1ccccc1. The lowest BCUT2D eigenvalue weighted by Gasteiger charge is -2.28. The van der Waals surface area contributed by atoms with E-state index in [2.05, 4.69) is 32.9 Å². The van der Waals surface area contributed by atoms with Gasteiger partial charge in [-0.3, -0.25) is 0 Å². The summed E-state index contributed by atoms with van der Waals surface area (Å²) in [6.07, 6.45) is 2.36. The maximum absolute atomic E-state index is 6.30. The molecule has 96 valence electrons. The molecule has 0 aliphatic carbocycles. The van der Waals surface area contributed by atoms with Crippen LogP contribution in [0.1, 0.15) is 45.2 Å². The van der Waals surface area contributed by atoms with Gasteiger partial charge in [0, 0.05) is 6.61 Å². The molecule has 0 aliphatic heterocycles. The second kappa shape index (κ2) is 7.46. The van der Waals surface area contributed by atoms with Crippen LogP contribution in [0.2, 0.25) is 0 Å². The van der Waals surface area contributed by atoms with Gasteiger partial charge in [-0.25, -0.2) is 0 Å². The summed E-state index contributed by atoms with van der Waals surface area (Å²) in [5.74, 6) is 0.432. The number of nitrogens with two attached hydrogens (primary N) is 1. The molecule has 1 aromatic rings. The Morgan fingerprint density at radius 3 is 2.35 bits per heavy atom. The van der Waals surface area contributed by atoms with Crippen molar-refractivity contribution in [3.8, 4) is 0 Å². The largest absolute Gasteiger partial charge is 0.376 e. The summed E-state index contributed by atoms with van der Waals surface area (Å²) in [4.78, 5) is 0. The van der Waals surface area contributed by atoms with Gasteiger partial charge in [-0.15, -0.1) is 0 Å². The Kier molecular flexibility index (Phi) is 6.23. The first-order valence-electron chi connectivity index (χ1n) is 6.59. The molecule has 2 N–H and O–H groups in total. The molecule has 2 atom stereocenters. The van der Waals surface area contributed by atoms with Crippen molar-refractivity contribution in [2.24, 2.45) is 11.7 Å². The van der Waals surface area contributed by atoms with Gasteiger partial charge in [0.15, 0.2) is 0 Å². The van der Waals surface area contributed by atoms with Crippen molar-refractivity contribution in [3.05, 3.63) is 35.9 Å². The van der Waals surface area contributed by atoms with Crippen molar-refractivity contribution < 1.29 is 4.74 Å². The van der Waals surface area contributed by atoms with Gasteiger partial charge in [-0.05, 0) is 17.9 Å². The average Bonchev–Trinajstić information content (AvgIpc) is 2.34. The maximum Gasteiger partial charge on any atom is 0.0790 e. The quantitative estimate of drug-likeness (QED) is 0.734. The van der Waals surface area contributed by atoms with Gasteiger partial charge in [0.25, 0.3) is 0 Å². The number of ether oxygens (including phenoxy) is 1. The molecule has 0 saturated carbocycles. The molecule has 2 nitrogen and oxygen atoms in total. The van der Waals surface area contributed by atoms with Crippen molar-refractivity contribution in [1.82, 2.24) is 0 Å². The van der Waals surface area contributed by atoms with Crippen molar-refractivity contribution >= 4 is 0 Å². The fourth-order valence-corrected chi connectivity index (χ4v) is 1.94. The second-order valence-corrected chi connectivity index (χ2v) is 4.87. The van der Waals surface area contributed by atoms with E-state index in [0.717, 1.165) is 25.0 Å². The Morgan fingerprint density at radius 2 is 1.82 bits per heavy atom. The van der Waals surface area contributed by atoms with Crippen molar-refractivity contribution in [2.75, 3.05) is 6.61 Å². The molecule has 2 unspecified atom stereocenters. The summed E-state index contributed by atoms with van der Waals surface area (Å²) >= 11 is 0. The minimum Gasteiger partial charge on any atom is -0.376 e. The Morgan fingerprint density at radius 1 is 1.18 bits per heavy atom. The number of benzene rings is 1. The molecule has 2 heteroatoms. The Labute approximate surface area is 105 Å². The first-order chi connectivity index (χ1) is 8.16. The lowest BCUT2D eigenvalue weighted by atomic mass is 9.94. The molecule has 17 heavy (non-hydrogen) atoms. The second-order valence-electron chi connectivity index (χ2n) is 4.87. The molecule has 1 aromatic carbocycles. The first kappa shape index (κ1) is 14.2. The van der Waals surface area contributed by atoms with Crippen LogP contribution in [-0.2, 0) is 4.74 Å². The molecule has 0 radical (unpaired) electrons. The monoisotopic (exact) mass is 235 g/mol. The summed E-state index contributed by atoms with van der Waals surface area (Å²) in [5.41, 5.74) is 7.45. The van der Waals surface area contributed by atoms with Crippen LogP contribution in [0.25, 0.3) is 0 Å². The van der Waals surface area contributed by atoms with Crippen molar-refractivity contribution in [3.63, 3.8) is 0 Å². The lowest BCUT2D eigenvalue weighted by Crippen LogP contribution is -2.33. The van der Waals surface area contributed by atoms with Gasteiger partial charge < -0.3 is 10.5 Å². The van der Waals surface area contributed by atoms with Crippen LogP contribution >= 0.6 is 0 Å². The molecule has 0 saturated heterocycles. The van der Waals surface area contributed by atoms with Crippen LogP contribution < -0.4 is 5.73 Å². The zero-order chi connectivity index (χ0) is 12.7. The maximum atomic E-state index is 6.30. The van der Waals surface area contributed by atoms with E-state index in [4.69, 9.17) is 10.5 Å². The molecule has 0 bridgehead atoms. The number of hydrogen-bond donors (Lipinski definition) is 1. The van der Waals surface area contributed by atoms with Crippen LogP contribution in [0.3, 0.4) is 0 Å². The van der Waals surface area contributed by atoms with Crippen molar-refractivity contribution in [1.29, 1.82) is 0 Å². The summed E-state index contributed by atoms with van der Waals surface area (Å²) in [5, 5.41) is 0. The van der Waals surface area contributed by atoms with Gasteiger partial charge in [-0.1, -0.05) is 57.5 Å². The highest BCUT2D eigenvalue weighted by molar-refractivity contribution is 5.19. The lowest BCUT2D eigenvalue weighted by molar-refractivity contribution is 0.00328. The normalized spacial score (nSPS) is 14.9. The topological polar surface area (TPSA) is 35.2 Å². The minimum atomic E-state index is -0.0342. The minimum absolute atomic E-state index is 0.0342. The predicted octanol–water partition coefficient (Wildman–Crippen LogP) is 3.53. The van der Waals surface area contributed by atoms with E-state index < -0.39 is 0 Å². The first-order valence-corrected chi connectivity index (χ1v) is 6.59. The molecule has 1 rings (SSSR count). The standard InChI is InChI=1S/C15H25NO/c1-4-5-11-17-15(12(2)3)14(16)13-9-7-6-8-10-13/h6-10,12,14-15H,4-5,11,16H2,1-3H3. The summed E-state index contributed by atoms with van der Waals surface area (Å²) in [6, 6.07) is 10.2. The Bertz CT molecular complexity index is 297. The molecule has 0 fully saturated rings. The fourth-order valence-electron chi connectivity index (χ4n) is 1.94. The molecule has 0 heterocycles. The third-order valence-electron chi connectivity index (χ3n) is 3.00. The van der Waals surface area contributed by atoms with E-state index in [-0.39, 0.29) is 12.1 Å². The Hall–Kier alpha value is -0.860. The van der Waals surface area contributed by atoms with Crippen molar-refractivity contribution in [2.45, 2.75) is 45.8 Å². The molecular weight excluding hydrogens is 210 g/mol. The fraction of sp³-hybridized carbons (Fsp3) is 0.600. The number of unbranched alkanes of at least 4 members (excludes halogenated alkanes) is 1. The van der Waals surface area contributed by atoms with E-state index >= 15 is 0 Å². The van der Waals surface area contributed by atoms with Crippen LogP contribution in [0.5, 0.6) is 0 Å². The molecule has 0 aliphatic rings. The van der Waals surface area contributed by atoms with E-state index in [1.54, 1.807) is 0 Å². The summed E-state index contributed by atoms with van der Waals surface area (Å²) < 4.78 is 5.94. The highest BCUT2D eigenvalue weighted by Crippen LogP contribution is 2.22. The van der Waals surface area contributed by atoms with Gasteiger partial charge in [0.1, 0.15) is 0 Å². The molecule has 0 aromatic heterocycles. The average molecular weight is 235 g/mol. The van der Waals surface area contributed by atoms with Gasteiger partial charge in [0.2, 0.25) is 0 Å². The number of rotatable bonds is 7. The number of hydrogen-bond acceptors (Lipinski definition) is 2. The third-order valence-corrected chi connectivity index (χ3v) is 3.00.